The molecule has 0 atom stereocenters. The number of nitriles is 1. The van der Waals surface area contributed by atoms with Crippen LogP contribution in [-0.2, 0) is 0 Å². The summed E-state index contributed by atoms with van der Waals surface area (Å²) in [5, 5.41) is 11.9. The van der Waals surface area contributed by atoms with Gasteiger partial charge in [0.05, 0.1) is 12.5 Å². The lowest BCUT2D eigenvalue weighted by molar-refractivity contribution is 0.0798. The van der Waals surface area contributed by atoms with Crippen LogP contribution in [0.25, 0.3) is 0 Å². The van der Waals surface area contributed by atoms with Gasteiger partial charge in [-0.3, -0.25) is 4.79 Å². The summed E-state index contributed by atoms with van der Waals surface area (Å²) in [5.74, 6) is -0.0413. The Labute approximate surface area is 115 Å². The molecule has 0 aliphatic carbocycles. The SMILES string of the molecule is CCCNc1ccc(C(=O)N(C)CCC#N)cc1C. The highest BCUT2D eigenvalue weighted by atomic mass is 16.2. The number of nitrogens with one attached hydrogen (secondary N) is 1. The quantitative estimate of drug-likeness (QED) is 0.854. The second kappa shape index (κ2) is 7.42. The molecule has 102 valence electrons. The largest absolute Gasteiger partial charge is 0.385 e. The van der Waals surface area contributed by atoms with Gasteiger partial charge in [0.25, 0.3) is 5.91 Å². The fraction of sp³-hybridized carbons (Fsp3) is 0.467. The van der Waals surface area contributed by atoms with Crippen LogP contribution in [0.15, 0.2) is 18.2 Å². The Morgan fingerprint density at radius 3 is 2.79 bits per heavy atom. The molecule has 1 amide bonds. The summed E-state index contributed by atoms with van der Waals surface area (Å²) in [4.78, 5) is 13.7. The van der Waals surface area contributed by atoms with Crippen molar-refractivity contribution in [2.45, 2.75) is 26.7 Å². The number of benzene rings is 1. The summed E-state index contributed by atoms with van der Waals surface area (Å²) in [6.45, 7) is 5.49. The van der Waals surface area contributed by atoms with Gasteiger partial charge in [0.15, 0.2) is 0 Å². The van der Waals surface area contributed by atoms with Gasteiger partial charge in [-0.05, 0) is 37.1 Å². The van der Waals surface area contributed by atoms with E-state index in [2.05, 4.69) is 12.2 Å². The van der Waals surface area contributed by atoms with Gasteiger partial charge in [-0.1, -0.05) is 6.92 Å². The molecule has 0 aromatic heterocycles. The van der Waals surface area contributed by atoms with Crippen LogP contribution < -0.4 is 5.32 Å². The molecule has 0 fully saturated rings. The summed E-state index contributed by atoms with van der Waals surface area (Å²) in [6, 6.07) is 7.71. The molecule has 0 aliphatic rings. The van der Waals surface area contributed by atoms with Gasteiger partial charge in [0.1, 0.15) is 0 Å². The van der Waals surface area contributed by atoms with E-state index in [1.165, 1.54) is 0 Å². The molecule has 0 spiro atoms. The minimum atomic E-state index is -0.0413. The number of hydrogen-bond acceptors (Lipinski definition) is 3. The van der Waals surface area contributed by atoms with Crippen molar-refractivity contribution in [2.24, 2.45) is 0 Å². The van der Waals surface area contributed by atoms with Crippen LogP contribution >= 0.6 is 0 Å². The maximum atomic E-state index is 12.1. The lowest BCUT2D eigenvalue weighted by atomic mass is 10.1. The van der Waals surface area contributed by atoms with E-state index in [1.807, 2.05) is 31.2 Å². The second-order valence-electron chi connectivity index (χ2n) is 4.59. The molecule has 0 saturated carbocycles. The first kappa shape index (κ1) is 15.0. The number of rotatable bonds is 6. The Bertz CT molecular complexity index is 477. The monoisotopic (exact) mass is 259 g/mol. The van der Waals surface area contributed by atoms with Gasteiger partial charge in [-0.25, -0.2) is 0 Å². The number of aryl methyl sites for hydroxylation is 1. The van der Waals surface area contributed by atoms with Gasteiger partial charge in [0, 0.05) is 31.4 Å². The Morgan fingerprint density at radius 1 is 1.47 bits per heavy atom. The zero-order valence-electron chi connectivity index (χ0n) is 11.9. The van der Waals surface area contributed by atoms with Crippen molar-refractivity contribution in [3.05, 3.63) is 29.3 Å². The molecule has 1 rings (SSSR count). The van der Waals surface area contributed by atoms with E-state index in [9.17, 15) is 4.79 Å². The number of carbonyl (C=O) groups excluding carboxylic acids is 1. The molecule has 0 saturated heterocycles. The third-order valence-corrected chi connectivity index (χ3v) is 2.94. The van der Waals surface area contributed by atoms with Crippen LogP contribution in [0, 0.1) is 18.3 Å². The molecule has 0 bridgehead atoms. The van der Waals surface area contributed by atoms with Gasteiger partial charge >= 0.3 is 0 Å². The topological polar surface area (TPSA) is 56.1 Å². The van der Waals surface area contributed by atoms with E-state index in [-0.39, 0.29) is 5.91 Å². The molecule has 0 heterocycles. The van der Waals surface area contributed by atoms with E-state index < -0.39 is 0 Å². The molecule has 4 nitrogen and oxygen atoms in total. The number of nitrogens with zero attached hydrogens (tertiary/aromatic N) is 2. The number of hydrogen-bond donors (Lipinski definition) is 1. The Hall–Kier alpha value is -2.02. The van der Waals surface area contributed by atoms with Gasteiger partial charge in [0.2, 0.25) is 0 Å². The summed E-state index contributed by atoms with van der Waals surface area (Å²) >= 11 is 0. The average Bonchev–Trinajstić information content (AvgIpc) is 2.42. The minimum Gasteiger partial charge on any atom is -0.385 e. The molecule has 1 aromatic carbocycles. The van der Waals surface area contributed by atoms with Crippen molar-refractivity contribution in [3.8, 4) is 6.07 Å². The van der Waals surface area contributed by atoms with Crippen LogP contribution in [0.4, 0.5) is 5.69 Å². The lowest BCUT2D eigenvalue weighted by Crippen LogP contribution is -2.27. The molecule has 19 heavy (non-hydrogen) atoms. The summed E-state index contributed by atoms with van der Waals surface area (Å²) in [7, 11) is 1.72. The highest BCUT2D eigenvalue weighted by Gasteiger charge is 2.12. The van der Waals surface area contributed by atoms with E-state index >= 15 is 0 Å². The van der Waals surface area contributed by atoms with Crippen LogP contribution in [0.2, 0.25) is 0 Å². The summed E-state index contributed by atoms with van der Waals surface area (Å²) in [6.07, 6.45) is 1.42. The third kappa shape index (κ3) is 4.29. The molecular formula is C15H21N3O. The molecule has 1 N–H and O–H groups in total. The molecule has 1 aromatic rings. The molecule has 4 heteroatoms. The minimum absolute atomic E-state index is 0.0413. The first-order valence-corrected chi connectivity index (χ1v) is 6.57. The van der Waals surface area contributed by atoms with Crippen LogP contribution in [0.5, 0.6) is 0 Å². The van der Waals surface area contributed by atoms with Crippen LogP contribution in [0.3, 0.4) is 0 Å². The highest BCUT2D eigenvalue weighted by Crippen LogP contribution is 2.17. The van der Waals surface area contributed by atoms with E-state index in [4.69, 9.17) is 5.26 Å². The molecule has 0 unspecified atom stereocenters. The van der Waals surface area contributed by atoms with Gasteiger partial charge in [-0.15, -0.1) is 0 Å². The fourth-order valence-electron chi connectivity index (χ4n) is 1.79. The highest BCUT2D eigenvalue weighted by molar-refractivity contribution is 5.94. The van der Waals surface area contributed by atoms with Crippen LogP contribution in [-0.4, -0.2) is 30.9 Å². The zero-order chi connectivity index (χ0) is 14.3. The normalized spacial score (nSPS) is 9.79. The Kier molecular flexibility index (Phi) is 5.87. The second-order valence-corrected chi connectivity index (χ2v) is 4.59. The van der Waals surface area contributed by atoms with E-state index in [0.29, 0.717) is 18.5 Å². The van der Waals surface area contributed by atoms with Crippen molar-refractivity contribution in [2.75, 3.05) is 25.5 Å². The number of carbonyl (C=O) groups is 1. The van der Waals surface area contributed by atoms with Crippen molar-refractivity contribution in [3.63, 3.8) is 0 Å². The predicted octanol–water partition coefficient (Wildman–Crippen LogP) is 2.80. The molecule has 0 aliphatic heterocycles. The number of anilines is 1. The van der Waals surface area contributed by atoms with Gasteiger partial charge < -0.3 is 10.2 Å². The van der Waals surface area contributed by atoms with Crippen molar-refractivity contribution >= 4 is 11.6 Å². The third-order valence-electron chi connectivity index (χ3n) is 2.94. The first-order chi connectivity index (χ1) is 9.10. The standard InChI is InChI=1S/C15H21N3O/c1-4-9-17-14-7-6-13(11-12(14)2)15(19)18(3)10-5-8-16/h6-7,11,17H,4-5,9-10H2,1-3H3. The predicted molar refractivity (Wildman–Crippen MR) is 77.2 cm³/mol. The smallest absolute Gasteiger partial charge is 0.253 e. The summed E-state index contributed by atoms with van der Waals surface area (Å²) < 4.78 is 0. The molecule has 0 radical (unpaired) electrons. The van der Waals surface area contributed by atoms with Crippen molar-refractivity contribution in [1.82, 2.24) is 4.90 Å². The number of amides is 1. The van der Waals surface area contributed by atoms with Gasteiger partial charge in [-0.2, -0.15) is 5.26 Å². The maximum Gasteiger partial charge on any atom is 0.253 e. The molecular weight excluding hydrogens is 238 g/mol. The summed E-state index contributed by atoms with van der Waals surface area (Å²) in [5.41, 5.74) is 2.80. The van der Waals surface area contributed by atoms with E-state index in [0.717, 1.165) is 24.2 Å². The fourth-order valence-corrected chi connectivity index (χ4v) is 1.79. The van der Waals surface area contributed by atoms with Crippen molar-refractivity contribution in [1.29, 1.82) is 5.26 Å². The first-order valence-electron chi connectivity index (χ1n) is 6.57. The lowest BCUT2D eigenvalue weighted by Gasteiger charge is -2.16. The maximum absolute atomic E-state index is 12.1. The Balaban J connectivity index is 2.77. The van der Waals surface area contributed by atoms with Crippen LogP contribution in [0.1, 0.15) is 35.7 Å². The van der Waals surface area contributed by atoms with E-state index in [1.54, 1.807) is 11.9 Å². The zero-order valence-corrected chi connectivity index (χ0v) is 11.9. The van der Waals surface area contributed by atoms with Crippen molar-refractivity contribution < 1.29 is 4.79 Å². The Morgan fingerprint density at radius 2 is 2.21 bits per heavy atom. The average molecular weight is 259 g/mol.